The average Bonchev–Trinajstić information content (AvgIpc) is 2.63. The Kier molecular flexibility index (Phi) is 7.67. The van der Waals surface area contributed by atoms with Gasteiger partial charge in [-0.2, -0.15) is 0 Å². The van der Waals surface area contributed by atoms with E-state index in [-0.39, 0.29) is 37.0 Å². The van der Waals surface area contributed by atoms with Gasteiger partial charge >= 0.3 is 0 Å². The van der Waals surface area contributed by atoms with Crippen molar-refractivity contribution >= 4 is 20.0 Å². The molecule has 0 aromatic heterocycles. The summed E-state index contributed by atoms with van der Waals surface area (Å²) in [6.07, 6.45) is -0.0164. The molecule has 0 aliphatic heterocycles. The van der Waals surface area contributed by atoms with Crippen LogP contribution in [0.1, 0.15) is 95.6 Å². The highest BCUT2D eigenvalue weighted by molar-refractivity contribution is 7.23. The molecule has 172 valence electrons. The van der Waals surface area contributed by atoms with Gasteiger partial charge in [0.05, 0.1) is 5.92 Å². The van der Waals surface area contributed by atoms with Crippen LogP contribution in [0.15, 0.2) is 24.3 Å². The fraction of sp³-hybridized carbons (Fsp3) is 0.500. The Morgan fingerprint density at radius 2 is 0.969 bits per heavy atom. The van der Waals surface area contributed by atoms with E-state index < -0.39 is 5.92 Å². The number of rotatable bonds is 6. The smallest absolute Gasteiger partial charge is 0.175 e. The third kappa shape index (κ3) is 5.44. The lowest BCUT2D eigenvalue weighted by molar-refractivity contribution is 0.0822. The lowest BCUT2D eigenvalue weighted by atomic mass is 9.79. The average molecular weight is 453 g/mol. The molecule has 0 radical (unpaired) electrons. The summed E-state index contributed by atoms with van der Waals surface area (Å²) < 4.78 is 11.6. The van der Waals surface area contributed by atoms with Gasteiger partial charge in [-0.15, -0.1) is 0 Å². The fourth-order valence-corrected chi connectivity index (χ4v) is 4.76. The second-order valence-corrected chi connectivity index (χ2v) is 11.7. The SMILES string of the molecule is Cc1cc(C(C)(C)C)cc(C)c1C(=O)C(CP=O)C(=O)c1c(C)cc(C(C)(C)C)cc1C. The van der Waals surface area contributed by atoms with Crippen LogP contribution in [0, 0.1) is 33.6 Å². The summed E-state index contributed by atoms with van der Waals surface area (Å²) in [5, 5.41) is 0. The van der Waals surface area contributed by atoms with Crippen LogP contribution in [0.3, 0.4) is 0 Å². The van der Waals surface area contributed by atoms with Crippen molar-refractivity contribution < 1.29 is 14.2 Å². The first-order valence-electron chi connectivity index (χ1n) is 11.2. The molecule has 0 saturated carbocycles. The molecule has 0 bridgehead atoms. The van der Waals surface area contributed by atoms with E-state index in [1.807, 2.05) is 52.0 Å². The monoisotopic (exact) mass is 452 g/mol. The third-order valence-electron chi connectivity index (χ3n) is 6.18. The number of aryl methyl sites for hydroxylation is 4. The molecule has 3 nitrogen and oxygen atoms in total. The predicted octanol–water partition coefficient (Wildman–Crippen LogP) is 7.49. The Morgan fingerprint density at radius 1 is 0.688 bits per heavy atom. The molecule has 0 fully saturated rings. The minimum Gasteiger partial charge on any atom is -0.293 e. The van der Waals surface area contributed by atoms with Crippen molar-refractivity contribution in [3.63, 3.8) is 0 Å². The zero-order chi connectivity index (χ0) is 24.6. The maximum absolute atomic E-state index is 13.6. The topological polar surface area (TPSA) is 51.2 Å². The molecule has 0 N–H and O–H groups in total. The van der Waals surface area contributed by atoms with E-state index in [1.54, 1.807) is 0 Å². The molecule has 2 aromatic rings. The second-order valence-electron chi connectivity index (χ2n) is 11.1. The molecule has 4 heteroatoms. The van der Waals surface area contributed by atoms with Gasteiger partial charge in [0, 0.05) is 17.3 Å². The first-order valence-corrected chi connectivity index (χ1v) is 12.2. The summed E-state index contributed by atoms with van der Waals surface area (Å²) in [6, 6.07) is 8.13. The number of hydrogen-bond donors (Lipinski definition) is 0. The minimum atomic E-state index is -0.968. The summed E-state index contributed by atoms with van der Waals surface area (Å²) in [7, 11) is -0.206. The molecular formula is C28H37O3P. The number of carbonyl (C=O) groups is 2. The first-order chi connectivity index (χ1) is 14.6. The Bertz CT molecular complexity index is 938. The van der Waals surface area contributed by atoms with Crippen LogP contribution in [0.5, 0.6) is 0 Å². The fourth-order valence-electron chi connectivity index (χ4n) is 4.28. The van der Waals surface area contributed by atoms with Crippen molar-refractivity contribution in [3.05, 3.63) is 68.8 Å². The standard InChI is InChI=1S/C28H37O3P/c1-16-11-20(27(5,6)7)12-17(2)23(16)25(29)22(15-32-31)26(30)24-18(3)13-21(14-19(24)4)28(8,9)10/h11-14,22H,15H2,1-10H3. The van der Waals surface area contributed by atoms with Crippen molar-refractivity contribution in [2.45, 2.75) is 80.1 Å². The van der Waals surface area contributed by atoms with E-state index in [0.717, 1.165) is 33.4 Å². The summed E-state index contributed by atoms with van der Waals surface area (Å²) in [5.41, 5.74) is 6.80. The molecule has 0 atom stereocenters. The molecule has 2 aromatic carbocycles. The molecule has 0 saturated heterocycles. The van der Waals surface area contributed by atoms with E-state index in [9.17, 15) is 14.2 Å². The molecule has 0 spiro atoms. The molecule has 0 aliphatic rings. The van der Waals surface area contributed by atoms with Crippen molar-refractivity contribution in [2.75, 3.05) is 6.16 Å². The Labute approximate surface area is 195 Å². The third-order valence-corrected chi connectivity index (χ3v) is 6.69. The number of benzene rings is 2. The molecule has 2 rings (SSSR count). The van der Waals surface area contributed by atoms with Gasteiger partial charge < -0.3 is 0 Å². The van der Waals surface area contributed by atoms with Crippen LogP contribution in [0.4, 0.5) is 0 Å². The minimum absolute atomic E-state index is 0.0164. The van der Waals surface area contributed by atoms with Gasteiger partial charge in [0.1, 0.15) is 0 Å². The molecule has 0 amide bonds. The molecule has 32 heavy (non-hydrogen) atoms. The molecular weight excluding hydrogens is 415 g/mol. The highest BCUT2D eigenvalue weighted by Crippen LogP contribution is 2.32. The maximum atomic E-state index is 13.6. The van der Waals surface area contributed by atoms with Gasteiger partial charge in [-0.1, -0.05) is 65.8 Å². The molecule has 0 aliphatic carbocycles. The zero-order valence-corrected chi connectivity index (χ0v) is 22.2. The Balaban J connectivity index is 2.57. The summed E-state index contributed by atoms with van der Waals surface area (Å²) in [5.74, 6) is -1.45. The van der Waals surface area contributed by atoms with Crippen LogP contribution in [-0.2, 0) is 15.4 Å². The molecule has 0 heterocycles. The lowest BCUT2D eigenvalue weighted by Gasteiger charge is -2.24. The van der Waals surface area contributed by atoms with E-state index >= 15 is 0 Å². The summed E-state index contributed by atoms with van der Waals surface area (Å²) >= 11 is 0. The van der Waals surface area contributed by atoms with E-state index in [0.29, 0.717) is 11.1 Å². The summed E-state index contributed by atoms with van der Waals surface area (Å²) in [4.78, 5) is 27.3. The van der Waals surface area contributed by atoms with Crippen LogP contribution in [0.25, 0.3) is 0 Å². The van der Waals surface area contributed by atoms with Gasteiger partial charge in [0.15, 0.2) is 20.0 Å². The van der Waals surface area contributed by atoms with Crippen LogP contribution < -0.4 is 0 Å². The highest BCUT2D eigenvalue weighted by Gasteiger charge is 2.33. The van der Waals surface area contributed by atoms with Crippen molar-refractivity contribution in [2.24, 2.45) is 5.92 Å². The van der Waals surface area contributed by atoms with Gasteiger partial charge in [-0.3, -0.25) is 14.2 Å². The van der Waals surface area contributed by atoms with Gasteiger partial charge in [0.25, 0.3) is 0 Å². The highest BCUT2D eigenvalue weighted by atomic mass is 31.1. The normalized spacial score (nSPS) is 12.5. The number of carbonyl (C=O) groups excluding carboxylic acids is 2. The second kappa shape index (κ2) is 9.40. The Hall–Kier alpha value is -2.12. The van der Waals surface area contributed by atoms with Crippen LogP contribution in [-0.4, -0.2) is 17.7 Å². The van der Waals surface area contributed by atoms with Crippen LogP contribution in [0.2, 0.25) is 0 Å². The lowest BCUT2D eigenvalue weighted by Crippen LogP contribution is -2.29. The predicted molar refractivity (Wildman–Crippen MR) is 134 cm³/mol. The summed E-state index contributed by atoms with van der Waals surface area (Å²) in [6.45, 7) is 20.5. The van der Waals surface area contributed by atoms with Gasteiger partial charge in [0.2, 0.25) is 0 Å². The van der Waals surface area contributed by atoms with Gasteiger partial charge in [-0.25, -0.2) is 0 Å². The van der Waals surface area contributed by atoms with Crippen molar-refractivity contribution in [3.8, 4) is 0 Å². The van der Waals surface area contributed by atoms with Crippen molar-refractivity contribution in [1.82, 2.24) is 0 Å². The van der Waals surface area contributed by atoms with E-state index in [2.05, 4.69) is 41.5 Å². The number of Topliss-reactive ketones (excluding diaryl/α,β-unsaturated/α-hetero) is 2. The number of ketones is 2. The zero-order valence-electron chi connectivity index (χ0n) is 21.3. The van der Waals surface area contributed by atoms with E-state index in [1.165, 1.54) is 0 Å². The molecule has 0 unspecified atom stereocenters. The van der Waals surface area contributed by atoms with Crippen LogP contribution >= 0.6 is 8.46 Å². The maximum Gasteiger partial charge on any atom is 0.175 e. The Morgan fingerprint density at radius 3 is 1.19 bits per heavy atom. The van der Waals surface area contributed by atoms with E-state index in [4.69, 9.17) is 0 Å². The largest absolute Gasteiger partial charge is 0.293 e. The number of hydrogen-bond acceptors (Lipinski definition) is 3. The first kappa shape index (κ1) is 26.1. The van der Waals surface area contributed by atoms with Gasteiger partial charge in [-0.05, 0) is 71.9 Å². The van der Waals surface area contributed by atoms with Crippen molar-refractivity contribution in [1.29, 1.82) is 0 Å². The quantitative estimate of drug-likeness (QED) is 0.259.